The number of halogens is 1. The van der Waals surface area contributed by atoms with Crippen molar-refractivity contribution in [2.45, 2.75) is 45.1 Å². The van der Waals surface area contributed by atoms with Gasteiger partial charge in [0, 0.05) is 59.5 Å². The van der Waals surface area contributed by atoms with Gasteiger partial charge in [-0.1, -0.05) is 18.2 Å². The normalized spacial score (nSPS) is 19.0. The van der Waals surface area contributed by atoms with E-state index in [1.54, 1.807) is 13.0 Å². The van der Waals surface area contributed by atoms with Crippen LogP contribution in [0.1, 0.15) is 42.4 Å². The van der Waals surface area contributed by atoms with E-state index < -0.39 is 0 Å². The number of fused-ring (bicyclic) bond motifs is 1. The van der Waals surface area contributed by atoms with Crippen LogP contribution in [0.5, 0.6) is 0 Å². The molecule has 5 nitrogen and oxygen atoms in total. The Morgan fingerprint density at radius 2 is 2.00 bits per heavy atom. The van der Waals surface area contributed by atoms with Crippen LogP contribution in [0.4, 0.5) is 15.8 Å². The number of hydrogen-bond donors (Lipinski definition) is 1. The maximum absolute atomic E-state index is 14.1. The second-order valence-corrected chi connectivity index (χ2v) is 8.20. The highest BCUT2D eigenvalue weighted by atomic mass is 19.1. The van der Waals surface area contributed by atoms with Crippen LogP contribution in [0.15, 0.2) is 36.4 Å². The van der Waals surface area contributed by atoms with Crippen LogP contribution < -0.4 is 5.32 Å². The van der Waals surface area contributed by atoms with Crippen LogP contribution in [0.2, 0.25) is 0 Å². The number of hydrogen-bond acceptors (Lipinski definition) is 3. The average molecular weight is 396 g/mol. The summed E-state index contributed by atoms with van der Waals surface area (Å²) in [6.45, 7) is 5.35. The predicted molar refractivity (Wildman–Crippen MR) is 111 cm³/mol. The van der Waals surface area contributed by atoms with Gasteiger partial charge in [0.15, 0.2) is 0 Å². The van der Waals surface area contributed by atoms with Gasteiger partial charge >= 0.3 is 0 Å². The molecule has 152 valence electrons. The van der Waals surface area contributed by atoms with E-state index in [0.717, 1.165) is 47.5 Å². The molecule has 2 aliphatic heterocycles. The highest BCUT2D eigenvalue weighted by Gasteiger charge is 2.31. The summed E-state index contributed by atoms with van der Waals surface area (Å²) in [5.41, 5.74) is 4.28. The first-order valence-electron chi connectivity index (χ1n) is 10.3. The minimum atomic E-state index is -0.211. The molecule has 0 bridgehead atoms. The van der Waals surface area contributed by atoms with Gasteiger partial charge in [-0.2, -0.15) is 0 Å². The van der Waals surface area contributed by atoms with Gasteiger partial charge in [-0.05, 0) is 42.9 Å². The highest BCUT2D eigenvalue weighted by Crippen LogP contribution is 2.33. The maximum Gasteiger partial charge on any atom is 0.256 e. The monoisotopic (exact) mass is 396 g/mol. The molecular weight excluding hydrogens is 369 g/mol. The third kappa shape index (κ3) is 4.02. The van der Waals surface area contributed by atoms with Crippen molar-refractivity contribution < 1.29 is 13.9 Å². The number of nitrogens with one attached hydrogen (secondary N) is 1. The third-order valence-electron chi connectivity index (χ3n) is 6.22. The summed E-state index contributed by atoms with van der Waals surface area (Å²) in [7, 11) is 0. The fourth-order valence-electron chi connectivity index (χ4n) is 4.52. The van der Waals surface area contributed by atoms with Crippen molar-refractivity contribution in [1.29, 1.82) is 0 Å². The molecule has 6 heteroatoms. The van der Waals surface area contributed by atoms with Gasteiger partial charge in [0.05, 0.1) is 6.04 Å². The molecule has 1 fully saturated rings. The van der Waals surface area contributed by atoms with E-state index in [0.29, 0.717) is 23.6 Å². The number of anilines is 1. The van der Waals surface area contributed by atoms with E-state index in [-0.39, 0.29) is 24.3 Å². The summed E-state index contributed by atoms with van der Waals surface area (Å²) in [6.07, 6.45) is 2.35. The lowest BCUT2D eigenvalue weighted by molar-refractivity contribution is -0.464. The quantitative estimate of drug-likeness (QED) is 0.784. The summed E-state index contributed by atoms with van der Waals surface area (Å²) < 4.78 is 15.1. The van der Waals surface area contributed by atoms with E-state index >= 15 is 0 Å². The van der Waals surface area contributed by atoms with E-state index in [1.807, 2.05) is 30.0 Å². The van der Waals surface area contributed by atoms with Crippen molar-refractivity contribution in [3.8, 4) is 0 Å². The average Bonchev–Trinajstić information content (AvgIpc) is 3.16. The van der Waals surface area contributed by atoms with E-state index in [2.05, 4.69) is 11.4 Å². The molecule has 0 aromatic heterocycles. The predicted octanol–water partition coefficient (Wildman–Crippen LogP) is 4.31. The zero-order valence-corrected chi connectivity index (χ0v) is 17.0. The number of carbonyl (C=O) groups excluding carboxylic acids is 1. The van der Waals surface area contributed by atoms with Gasteiger partial charge in [-0.25, -0.2) is 4.39 Å². The fraction of sp³-hybridized carbons (Fsp3) is 0.435. The zero-order chi connectivity index (χ0) is 20.5. The molecule has 1 amide bonds. The van der Waals surface area contributed by atoms with Crippen LogP contribution in [0.25, 0.3) is 0 Å². The molecule has 0 aliphatic carbocycles. The highest BCUT2D eigenvalue weighted by molar-refractivity contribution is 5.73. The molecule has 2 aromatic carbocycles. The van der Waals surface area contributed by atoms with Crippen molar-refractivity contribution in [2.75, 3.05) is 25.0 Å². The lowest BCUT2D eigenvalue weighted by Crippen LogP contribution is -2.36. The largest absolute Gasteiger partial charge is 0.375 e. The topological polar surface area (TPSA) is 52.4 Å². The molecule has 0 radical (unpaired) electrons. The summed E-state index contributed by atoms with van der Waals surface area (Å²) in [5.74, 6) is 0.279. The molecule has 2 aromatic rings. The summed E-state index contributed by atoms with van der Waals surface area (Å²) in [4.78, 5) is 26.2. The van der Waals surface area contributed by atoms with Crippen molar-refractivity contribution in [3.05, 3.63) is 63.8 Å². The Labute approximate surface area is 170 Å². The van der Waals surface area contributed by atoms with Gasteiger partial charge in [0.25, 0.3) is 5.69 Å². The van der Waals surface area contributed by atoms with Crippen molar-refractivity contribution in [1.82, 2.24) is 4.90 Å². The van der Waals surface area contributed by atoms with Crippen molar-refractivity contribution >= 4 is 17.3 Å². The third-order valence-corrected chi connectivity index (χ3v) is 6.22. The van der Waals surface area contributed by atoms with Crippen molar-refractivity contribution in [3.63, 3.8) is 0 Å². The second kappa shape index (κ2) is 7.93. The summed E-state index contributed by atoms with van der Waals surface area (Å²) in [6, 6.07) is 10.9. The van der Waals surface area contributed by atoms with Gasteiger partial charge in [0.1, 0.15) is 5.82 Å². The Morgan fingerprint density at radius 1 is 1.24 bits per heavy atom. The molecule has 0 spiro atoms. The first-order valence-corrected chi connectivity index (χ1v) is 10.3. The standard InChI is InChI=1S/C23H27FN3O2/c1-15-6-7-22(24)21-13-19(25-23(15)21)14-27(29)20-5-3-4-18(12-20)17-8-10-26(11-9-17)16(2)28/h3-7,12,17,19,25H,8-11,13-14H2,1-2H3/q+1. The van der Waals surface area contributed by atoms with Gasteiger partial charge < -0.3 is 10.2 Å². The molecule has 1 N–H and O–H groups in total. The summed E-state index contributed by atoms with van der Waals surface area (Å²) >= 11 is 0. The molecular formula is C23H27FN3O2+. The minimum absolute atomic E-state index is 0.111. The fourth-order valence-corrected chi connectivity index (χ4v) is 4.52. The lowest BCUT2D eigenvalue weighted by Gasteiger charge is -2.31. The van der Waals surface area contributed by atoms with E-state index in [9.17, 15) is 14.1 Å². The first-order chi connectivity index (χ1) is 13.9. The second-order valence-electron chi connectivity index (χ2n) is 8.20. The smallest absolute Gasteiger partial charge is 0.256 e. The number of nitroso groups, excluding NO2 is 1. The molecule has 1 saturated heterocycles. The number of aryl methyl sites for hydroxylation is 1. The van der Waals surface area contributed by atoms with Crippen LogP contribution in [0, 0.1) is 17.6 Å². The SMILES string of the molecule is CC(=O)N1CCC(c2cccc([N+](=O)CC3Cc4c(F)ccc(C)c4N3)c2)CC1. The number of carbonyl (C=O) groups is 1. The number of piperidine rings is 1. The maximum atomic E-state index is 14.1. The van der Waals surface area contributed by atoms with E-state index in [1.165, 1.54) is 6.07 Å². The Balaban J connectivity index is 1.42. The van der Waals surface area contributed by atoms with Crippen LogP contribution in [-0.4, -0.2) is 41.2 Å². The van der Waals surface area contributed by atoms with Gasteiger partial charge in [-0.15, -0.1) is 0 Å². The minimum Gasteiger partial charge on any atom is -0.375 e. The molecule has 2 heterocycles. The molecule has 4 rings (SSSR count). The summed E-state index contributed by atoms with van der Waals surface area (Å²) in [5, 5.41) is 3.32. The Morgan fingerprint density at radius 3 is 2.69 bits per heavy atom. The number of nitrogens with zero attached hydrogens (tertiary/aromatic N) is 2. The Kier molecular flexibility index (Phi) is 5.35. The molecule has 29 heavy (non-hydrogen) atoms. The van der Waals surface area contributed by atoms with Gasteiger partial charge in [0.2, 0.25) is 12.5 Å². The van der Waals surface area contributed by atoms with Gasteiger partial charge in [-0.3, -0.25) is 4.79 Å². The van der Waals surface area contributed by atoms with Crippen LogP contribution in [-0.2, 0) is 11.2 Å². The van der Waals surface area contributed by atoms with Crippen LogP contribution >= 0.6 is 0 Å². The Hall–Kier alpha value is -2.76. The first kappa shape index (κ1) is 19.6. The number of likely N-dealkylation sites (tertiary alicyclic amines) is 1. The lowest BCUT2D eigenvalue weighted by atomic mass is 9.89. The Bertz CT molecular complexity index is 920. The number of benzene rings is 2. The number of rotatable bonds is 4. The number of amides is 1. The van der Waals surface area contributed by atoms with Crippen molar-refractivity contribution in [2.24, 2.45) is 0 Å². The molecule has 1 atom stereocenters. The molecule has 0 saturated carbocycles. The molecule has 1 unspecified atom stereocenters. The molecule has 2 aliphatic rings. The zero-order valence-electron chi connectivity index (χ0n) is 17.0. The van der Waals surface area contributed by atoms with E-state index in [4.69, 9.17) is 0 Å². The van der Waals surface area contributed by atoms with Crippen LogP contribution in [0.3, 0.4) is 0 Å².